The van der Waals surface area contributed by atoms with Gasteiger partial charge in [0.2, 0.25) is 0 Å². The van der Waals surface area contributed by atoms with Gasteiger partial charge in [-0.3, -0.25) is 0 Å². The Morgan fingerprint density at radius 1 is 1.21 bits per heavy atom. The van der Waals surface area contributed by atoms with E-state index in [-0.39, 0.29) is 0 Å². The molecular weight excluding hydrogens is 236 g/mol. The average molecular weight is 256 g/mol. The third kappa shape index (κ3) is 2.25. The molecule has 1 saturated heterocycles. The highest BCUT2D eigenvalue weighted by atomic mass is 16.5. The highest BCUT2D eigenvalue weighted by Crippen LogP contribution is 2.28. The van der Waals surface area contributed by atoms with Crippen molar-refractivity contribution in [3.63, 3.8) is 0 Å². The van der Waals surface area contributed by atoms with Gasteiger partial charge in [0.15, 0.2) is 0 Å². The summed E-state index contributed by atoms with van der Waals surface area (Å²) in [5, 5.41) is 2.47. The molecule has 0 radical (unpaired) electrons. The van der Waals surface area contributed by atoms with Crippen LogP contribution in [0.1, 0.15) is 25.5 Å². The summed E-state index contributed by atoms with van der Waals surface area (Å²) in [6.45, 7) is 4.43. The first-order valence-corrected chi connectivity index (χ1v) is 7.04. The van der Waals surface area contributed by atoms with E-state index in [9.17, 15) is 0 Å². The van der Waals surface area contributed by atoms with Crippen molar-refractivity contribution in [2.45, 2.75) is 26.2 Å². The fourth-order valence-corrected chi connectivity index (χ4v) is 2.80. The van der Waals surface area contributed by atoms with Crippen molar-refractivity contribution < 1.29 is 4.74 Å². The van der Waals surface area contributed by atoms with Gasteiger partial charge in [0, 0.05) is 18.5 Å². The number of hydrogen-bond donors (Lipinski definition) is 0. The Morgan fingerprint density at radius 3 is 2.68 bits per heavy atom. The Labute approximate surface area is 114 Å². The predicted molar refractivity (Wildman–Crippen MR) is 79.1 cm³/mol. The first-order valence-electron chi connectivity index (χ1n) is 7.04. The minimum absolute atomic E-state index is 0.910. The first-order chi connectivity index (χ1) is 9.31. The zero-order chi connectivity index (χ0) is 13.2. The van der Waals surface area contributed by atoms with Crippen LogP contribution in [0.2, 0.25) is 0 Å². The van der Waals surface area contributed by atoms with Gasteiger partial charge in [-0.2, -0.15) is 0 Å². The second kappa shape index (κ2) is 5.08. The van der Waals surface area contributed by atoms with Gasteiger partial charge in [-0.05, 0) is 48.9 Å². The molecule has 2 aromatic rings. The quantitative estimate of drug-likeness (QED) is 0.841. The number of hydrogen-bond acceptors (Lipinski definition) is 3. The Bertz CT molecular complexity index is 589. The van der Waals surface area contributed by atoms with Gasteiger partial charge in [-0.15, -0.1) is 0 Å². The van der Waals surface area contributed by atoms with Crippen molar-refractivity contribution in [3.8, 4) is 5.75 Å². The molecule has 0 saturated carbocycles. The normalized spacial score (nSPS) is 15.2. The number of aryl methyl sites for hydroxylation is 1. The summed E-state index contributed by atoms with van der Waals surface area (Å²) in [6, 6.07) is 8.44. The number of anilines is 1. The van der Waals surface area contributed by atoms with Crippen molar-refractivity contribution >= 4 is 16.6 Å². The van der Waals surface area contributed by atoms with Crippen LogP contribution in [0.5, 0.6) is 5.75 Å². The maximum atomic E-state index is 5.33. The van der Waals surface area contributed by atoms with E-state index in [1.807, 2.05) is 6.07 Å². The van der Waals surface area contributed by atoms with E-state index < -0.39 is 0 Å². The van der Waals surface area contributed by atoms with Crippen LogP contribution in [0.15, 0.2) is 24.3 Å². The van der Waals surface area contributed by atoms with E-state index in [0.29, 0.717) is 0 Å². The molecule has 3 heteroatoms. The van der Waals surface area contributed by atoms with Gasteiger partial charge in [0.1, 0.15) is 11.6 Å². The van der Waals surface area contributed by atoms with Gasteiger partial charge < -0.3 is 9.64 Å². The largest absolute Gasteiger partial charge is 0.497 e. The lowest BCUT2D eigenvalue weighted by molar-refractivity contribution is 0.415. The van der Waals surface area contributed by atoms with E-state index in [1.54, 1.807) is 7.11 Å². The van der Waals surface area contributed by atoms with Crippen LogP contribution in [0, 0.1) is 0 Å². The fraction of sp³-hybridized carbons (Fsp3) is 0.438. The Kier molecular flexibility index (Phi) is 3.28. The van der Waals surface area contributed by atoms with Crippen LogP contribution >= 0.6 is 0 Å². The van der Waals surface area contributed by atoms with E-state index in [4.69, 9.17) is 9.72 Å². The molecule has 1 aliphatic rings. The summed E-state index contributed by atoms with van der Waals surface area (Å²) in [7, 11) is 1.71. The molecule has 0 N–H and O–H groups in total. The summed E-state index contributed by atoms with van der Waals surface area (Å²) >= 11 is 0. The van der Waals surface area contributed by atoms with Gasteiger partial charge in [0.25, 0.3) is 0 Å². The second-order valence-electron chi connectivity index (χ2n) is 5.06. The topological polar surface area (TPSA) is 25.4 Å². The summed E-state index contributed by atoms with van der Waals surface area (Å²) in [5.41, 5.74) is 1.18. The summed E-state index contributed by atoms with van der Waals surface area (Å²) in [6.07, 6.45) is 3.52. The van der Waals surface area contributed by atoms with Crippen LogP contribution in [0.3, 0.4) is 0 Å². The number of pyridine rings is 1. The van der Waals surface area contributed by atoms with Crippen molar-refractivity contribution in [2.75, 3.05) is 25.1 Å². The SMILES string of the molecule is CCc1nc(N2CCCC2)cc2cc(OC)ccc12. The minimum atomic E-state index is 0.910. The average Bonchev–Trinajstić information content (AvgIpc) is 2.99. The molecule has 19 heavy (non-hydrogen) atoms. The molecule has 1 aliphatic heterocycles. The molecule has 0 unspecified atom stereocenters. The van der Waals surface area contributed by atoms with E-state index in [2.05, 4.69) is 30.0 Å². The van der Waals surface area contributed by atoms with Gasteiger partial charge >= 0.3 is 0 Å². The predicted octanol–water partition coefficient (Wildman–Crippen LogP) is 3.41. The molecular formula is C16H20N2O. The van der Waals surface area contributed by atoms with E-state index in [0.717, 1.165) is 31.1 Å². The number of methoxy groups -OCH3 is 1. The Hall–Kier alpha value is -1.77. The monoisotopic (exact) mass is 256 g/mol. The summed E-state index contributed by atoms with van der Waals surface area (Å²) < 4.78 is 5.33. The second-order valence-corrected chi connectivity index (χ2v) is 5.06. The van der Waals surface area contributed by atoms with Crippen molar-refractivity contribution in [1.82, 2.24) is 4.98 Å². The molecule has 1 aromatic heterocycles. The Morgan fingerprint density at radius 2 is 2.00 bits per heavy atom. The Balaban J connectivity index is 2.13. The molecule has 0 spiro atoms. The lowest BCUT2D eigenvalue weighted by atomic mass is 10.1. The summed E-state index contributed by atoms with van der Waals surface area (Å²) in [5.74, 6) is 2.03. The molecule has 0 atom stereocenters. The van der Waals surface area contributed by atoms with Crippen LogP contribution in [0.4, 0.5) is 5.82 Å². The van der Waals surface area contributed by atoms with Crippen molar-refractivity contribution in [1.29, 1.82) is 0 Å². The van der Waals surface area contributed by atoms with Gasteiger partial charge in [0.05, 0.1) is 12.8 Å². The maximum Gasteiger partial charge on any atom is 0.129 e. The molecule has 2 heterocycles. The van der Waals surface area contributed by atoms with Gasteiger partial charge in [-0.25, -0.2) is 4.98 Å². The lowest BCUT2D eigenvalue weighted by Gasteiger charge is -2.18. The highest BCUT2D eigenvalue weighted by molar-refractivity contribution is 5.88. The first kappa shape index (κ1) is 12.3. The molecule has 1 fully saturated rings. The minimum Gasteiger partial charge on any atom is -0.497 e. The van der Waals surface area contributed by atoms with E-state index >= 15 is 0 Å². The fourth-order valence-electron chi connectivity index (χ4n) is 2.80. The smallest absolute Gasteiger partial charge is 0.129 e. The molecule has 3 rings (SSSR count). The molecule has 100 valence electrons. The number of nitrogens with zero attached hydrogens (tertiary/aromatic N) is 2. The zero-order valence-electron chi connectivity index (χ0n) is 11.6. The lowest BCUT2D eigenvalue weighted by Crippen LogP contribution is -2.19. The van der Waals surface area contributed by atoms with Crippen LogP contribution < -0.4 is 9.64 Å². The number of rotatable bonds is 3. The van der Waals surface area contributed by atoms with Crippen LogP contribution in [-0.2, 0) is 6.42 Å². The third-order valence-electron chi connectivity index (χ3n) is 3.87. The number of ether oxygens (including phenoxy) is 1. The third-order valence-corrected chi connectivity index (χ3v) is 3.87. The highest BCUT2D eigenvalue weighted by Gasteiger charge is 2.15. The number of aromatic nitrogens is 1. The zero-order valence-corrected chi connectivity index (χ0v) is 11.6. The summed E-state index contributed by atoms with van der Waals surface area (Å²) in [4.78, 5) is 7.23. The number of benzene rings is 1. The maximum absolute atomic E-state index is 5.33. The molecule has 1 aromatic carbocycles. The molecule has 0 aliphatic carbocycles. The molecule has 0 bridgehead atoms. The van der Waals surface area contributed by atoms with Crippen molar-refractivity contribution in [2.24, 2.45) is 0 Å². The van der Waals surface area contributed by atoms with Crippen molar-refractivity contribution in [3.05, 3.63) is 30.0 Å². The standard InChI is InChI=1S/C16H20N2O/c1-3-15-14-7-6-13(19-2)10-12(14)11-16(17-15)18-8-4-5-9-18/h6-7,10-11H,3-5,8-9H2,1-2H3. The number of fused-ring (bicyclic) bond motifs is 1. The molecule has 3 nitrogen and oxygen atoms in total. The van der Waals surface area contributed by atoms with Gasteiger partial charge in [-0.1, -0.05) is 6.92 Å². The van der Waals surface area contributed by atoms with Crippen LogP contribution in [0.25, 0.3) is 10.8 Å². The molecule has 0 amide bonds. The van der Waals surface area contributed by atoms with Crippen LogP contribution in [-0.4, -0.2) is 25.2 Å². The van der Waals surface area contributed by atoms with E-state index in [1.165, 1.54) is 29.3 Å².